The number of methoxy groups -OCH3 is 1. The molecule has 0 saturated heterocycles. The number of hydrogen-bond donors (Lipinski definition) is 0. The molecular formula is C11H14O2. The Balaban J connectivity index is 2.50. The van der Waals surface area contributed by atoms with Crippen molar-refractivity contribution >= 4 is 0 Å². The summed E-state index contributed by atoms with van der Waals surface area (Å²) in [6, 6.07) is 4.20. The molecule has 0 spiro atoms. The van der Waals surface area contributed by atoms with Crippen LogP contribution in [-0.2, 0) is 6.42 Å². The van der Waals surface area contributed by atoms with Gasteiger partial charge in [0.15, 0.2) is 11.5 Å². The Bertz CT molecular complexity index is 301. The van der Waals surface area contributed by atoms with E-state index >= 15 is 0 Å². The molecule has 1 aromatic carbocycles. The minimum absolute atomic E-state index is 0.812. The Hall–Kier alpha value is -1.18. The minimum Gasteiger partial charge on any atom is -0.493 e. The van der Waals surface area contributed by atoms with E-state index in [-0.39, 0.29) is 0 Å². The maximum Gasteiger partial charge on any atom is 0.164 e. The zero-order valence-electron chi connectivity index (χ0n) is 8.09. The van der Waals surface area contributed by atoms with Crippen LogP contribution in [-0.4, -0.2) is 13.7 Å². The summed E-state index contributed by atoms with van der Waals surface area (Å²) in [5.74, 6) is 1.81. The third kappa shape index (κ3) is 1.48. The molecule has 0 aromatic heterocycles. The van der Waals surface area contributed by atoms with Crippen molar-refractivity contribution in [2.75, 3.05) is 13.7 Å². The summed E-state index contributed by atoms with van der Waals surface area (Å²) in [6.45, 7) is 2.89. The first-order valence-corrected chi connectivity index (χ1v) is 4.61. The molecule has 0 atom stereocenters. The summed E-state index contributed by atoms with van der Waals surface area (Å²) in [5, 5.41) is 0. The van der Waals surface area contributed by atoms with Crippen LogP contribution in [0.2, 0.25) is 0 Å². The van der Waals surface area contributed by atoms with Gasteiger partial charge in [-0.15, -0.1) is 0 Å². The molecule has 0 radical (unpaired) electrons. The van der Waals surface area contributed by atoms with E-state index in [9.17, 15) is 0 Å². The zero-order valence-corrected chi connectivity index (χ0v) is 8.09. The van der Waals surface area contributed by atoms with Crippen LogP contribution in [0, 0.1) is 6.92 Å². The van der Waals surface area contributed by atoms with Crippen molar-refractivity contribution in [3.8, 4) is 11.5 Å². The standard InChI is InChI=1S/C11H14O2/c1-8-6-9-4-3-5-13-11(9)10(7-8)12-2/h6-7H,3-5H2,1-2H3. The van der Waals surface area contributed by atoms with E-state index in [1.807, 2.05) is 6.07 Å². The van der Waals surface area contributed by atoms with Gasteiger partial charge >= 0.3 is 0 Å². The second kappa shape index (κ2) is 3.29. The number of benzene rings is 1. The molecule has 0 saturated carbocycles. The monoisotopic (exact) mass is 178 g/mol. The summed E-state index contributed by atoms with van der Waals surface area (Å²) in [4.78, 5) is 0. The fraction of sp³-hybridized carbons (Fsp3) is 0.455. The van der Waals surface area contributed by atoms with Crippen LogP contribution in [0.4, 0.5) is 0 Å². The Morgan fingerprint density at radius 1 is 1.38 bits per heavy atom. The van der Waals surface area contributed by atoms with Gasteiger partial charge in [-0.05, 0) is 37.0 Å². The summed E-state index contributed by atoms with van der Waals surface area (Å²) in [7, 11) is 1.69. The summed E-state index contributed by atoms with van der Waals surface area (Å²) < 4.78 is 10.8. The van der Waals surface area contributed by atoms with Crippen molar-refractivity contribution in [3.05, 3.63) is 23.3 Å². The van der Waals surface area contributed by atoms with Crippen LogP contribution >= 0.6 is 0 Å². The molecule has 2 nitrogen and oxygen atoms in total. The summed E-state index contributed by atoms with van der Waals surface area (Å²) in [5.41, 5.74) is 2.52. The van der Waals surface area contributed by atoms with Gasteiger partial charge in [0.1, 0.15) is 0 Å². The van der Waals surface area contributed by atoms with Gasteiger partial charge in [0.05, 0.1) is 13.7 Å². The first-order valence-electron chi connectivity index (χ1n) is 4.61. The van der Waals surface area contributed by atoms with Crippen molar-refractivity contribution < 1.29 is 9.47 Å². The molecular weight excluding hydrogens is 164 g/mol. The Labute approximate surface area is 78.5 Å². The van der Waals surface area contributed by atoms with Crippen LogP contribution < -0.4 is 9.47 Å². The number of rotatable bonds is 1. The SMILES string of the molecule is COc1cc(C)cc2c1OCCC2. The van der Waals surface area contributed by atoms with Crippen LogP contribution in [0.25, 0.3) is 0 Å². The maximum atomic E-state index is 5.58. The number of hydrogen-bond acceptors (Lipinski definition) is 2. The highest BCUT2D eigenvalue weighted by Gasteiger charge is 2.15. The van der Waals surface area contributed by atoms with E-state index in [0.29, 0.717) is 0 Å². The van der Waals surface area contributed by atoms with Crippen molar-refractivity contribution in [1.29, 1.82) is 0 Å². The van der Waals surface area contributed by atoms with Gasteiger partial charge in [0, 0.05) is 0 Å². The molecule has 0 amide bonds. The van der Waals surface area contributed by atoms with E-state index in [0.717, 1.165) is 30.9 Å². The highest BCUT2D eigenvalue weighted by Crippen LogP contribution is 2.35. The quantitative estimate of drug-likeness (QED) is 0.657. The van der Waals surface area contributed by atoms with Crippen LogP contribution in [0.15, 0.2) is 12.1 Å². The molecule has 0 N–H and O–H groups in total. The predicted molar refractivity (Wildman–Crippen MR) is 51.5 cm³/mol. The molecule has 1 aromatic rings. The Kier molecular flexibility index (Phi) is 2.13. The molecule has 0 unspecified atom stereocenters. The summed E-state index contributed by atoms with van der Waals surface area (Å²) >= 11 is 0. The highest BCUT2D eigenvalue weighted by molar-refractivity contribution is 5.50. The van der Waals surface area contributed by atoms with Gasteiger partial charge in [0.2, 0.25) is 0 Å². The first-order chi connectivity index (χ1) is 6.31. The third-order valence-corrected chi connectivity index (χ3v) is 2.33. The van der Waals surface area contributed by atoms with Crippen LogP contribution in [0.3, 0.4) is 0 Å². The molecule has 0 fully saturated rings. The highest BCUT2D eigenvalue weighted by atomic mass is 16.5. The van der Waals surface area contributed by atoms with Gasteiger partial charge in [-0.1, -0.05) is 6.07 Å². The van der Waals surface area contributed by atoms with Crippen molar-refractivity contribution in [3.63, 3.8) is 0 Å². The van der Waals surface area contributed by atoms with Crippen molar-refractivity contribution in [2.24, 2.45) is 0 Å². The maximum absolute atomic E-state index is 5.58. The van der Waals surface area contributed by atoms with Crippen molar-refractivity contribution in [1.82, 2.24) is 0 Å². The predicted octanol–water partition coefficient (Wildman–Crippen LogP) is 2.33. The van der Waals surface area contributed by atoms with Crippen LogP contribution in [0.5, 0.6) is 11.5 Å². The van der Waals surface area contributed by atoms with E-state index in [1.54, 1.807) is 7.11 Å². The normalized spacial score (nSPS) is 14.6. The van der Waals surface area contributed by atoms with E-state index in [4.69, 9.17) is 9.47 Å². The lowest BCUT2D eigenvalue weighted by molar-refractivity contribution is 0.269. The topological polar surface area (TPSA) is 18.5 Å². The molecule has 70 valence electrons. The second-order valence-electron chi connectivity index (χ2n) is 3.41. The Morgan fingerprint density at radius 3 is 3.00 bits per heavy atom. The average Bonchev–Trinajstić information content (AvgIpc) is 2.16. The van der Waals surface area contributed by atoms with E-state index in [1.165, 1.54) is 11.1 Å². The van der Waals surface area contributed by atoms with E-state index < -0.39 is 0 Å². The molecule has 1 aliphatic heterocycles. The van der Waals surface area contributed by atoms with Gasteiger partial charge in [-0.25, -0.2) is 0 Å². The zero-order chi connectivity index (χ0) is 9.26. The smallest absolute Gasteiger partial charge is 0.164 e. The van der Waals surface area contributed by atoms with E-state index in [2.05, 4.69) is 13.0 Å². The second-order valence-corrected chi connectivity index (χ2v) is 3.41. The molecule has 1 aliphatic rings. The van der Waals surface area contributed by atoms with Gasteiger partial charge in [-0.2, -0.15) is 0 Å². The number of ether oxygens (including phenoxy) is 2. The van der Waals surface area contributed by atoms with Gasteiger partial charge in [0.25, 0.3) is 0 Å². The number of fused-ring (bicyclic) bond motifs is 1. The third-order valence-electron chi connectivity index (χ3n) is 2.33. The summed E-state index contributed by atoms with van der Waals surface area (Å²) in [6.07, 6.45) is 2.22. The lowest BCUT2D eigenvalue weighted by Crippen LogP contribution is -2.09. The molecule has 13 heavy (non-hydrogen) atoms. The number of aryl methyl sites for hydroxylation is 2. The van der Waals surface area contributed by atoms with Crippen LogP contribution in [0.1, 0.15) is 17.5 Å². The lowest BCUT2D eigenvalue weighted by Gasteiger charge is -2.20. The largest absolute Gasteiger partial charge is 0.493 e. The Morgan fingerprint density at radius 2 is 2.23 bits per heavy atom. The molecule has 2 heteroatoms. The minimum atomic E-state index is 0.812. The van der Waals surface area contributed by atoms with Gasteiger partial charge in [-0.3, -0.25) is 0 Å². The lowest BCUT2D eigenvalue weighted by atomic mass is 10.0. The fourth-order valence-electron chi connectivity index (χ4n) is 1.75. The van der Waals surface area contributed by atoms with Gasteiger partial charge < -0.3 is 9.47 Å². The molecule has 2 rings (SSSR count). The molecule has 0 bridgehead atoms. The first kappa shape index (κ1) is 8.42. The molecule has 0 aliphatic carbocycles. The van der Waals surface area contributed by atoms with Crippen molar-refractivity contribution in [2.45, 2.75) is 19.8 Å². The molecule has 1 heterocycles. The average molecular weight is 178 g/mol. The fourth-order valence-corrected chi connectivity index (χ4v) is 1.75.